The highest BCUT2D eigenvalue weighted by Crippen LogP contribution is 2.26. The lowest BCUT2D eigenvalue weighted by Gasteiger charge is -2.07. The first-order valence-electron chi connectivity index (χ1n) is 8.84. The van der Waals surface area contributed by atoms with Gasteiger partial charge in [-0.2, -0.15) is 0 Å². The van der Waals surface area contributed by atoms with Crippen LogP contribution in [0, 0.1) is 13.8 Å². The Morgan fingerprint density at radius 3 is 2.04 bits per heavy atom. The molecule has 0 aliphatic carbocycles. The van der Waals surface area contributed by atoms with Crippen LogP contribution in [0.25, 0.3) is 0 Å². The van der Waals surface area contributed by atoms with Crippen molar-refractivity contribution >= 4 is 11.6 Å². The summed E-state index contributed by atoms with van der Waals surface area (Å²) in [4.78, 5) is 24.1. The van der Waals surface area contributed by atoms with Crippen LogP contribution in [0.15, 0.2) is 36.4 Å². The van der Waals surface area contributed by atoms with E-state index in [0.717, 1.165) is 11.1 Å². The smallest absolute Gasteiger partial charge is 0.160 e. The van der Waals surface area contributed by atoms with E-state index < -0.39 is 0 Å². The summed E-state index contributed by atoms with van der Waals surface area (Å²) in [6.07, 6.45) is 1.88. The Bertz CT molecular complexity index is 793. The van der Waals surface area contributed by atoms with Crippen LogP contribution in [0.4, 0.5) is 0 Å². The molecule has 0 aliphatic rings. The van der Waals surface area contributed by atoms with Crippen LogP contribution in [0.2, 0.25) is 0 Å². The number of carbonyl (C=O) groups excluding carboxylic acids is 2. The van der Waals surface area contributed by atoms with Gasteiger partial charge in [0.05, 0.1) is 13.5 Å². The van der Waals surface area contributed by atoms with Crippen molar-refractivity contribution in [2.24, 2.45) is 0 Å². The number of aryl methyl sites for hydroxylation is 4. The summed E-state index contributed by atoms with van der Waals surface area (Å²) in [5.74, 6) is 0.391. The molecule has 4 nitrogen and oxygen atoms in total. The maximum Gasteiger partial charge on any atom is 0.160 e. The maximum atomic E-state index is 12.1. The summed E-state index contributed by atoms with van der Waals surface area (Å²) < 4.78 is 5.06. The first-order chi connectivity index (χ1) is 12.4. The zero-order valence-electron chi connectivity index (χ0n) is 15.7. The van der Waals surface area contributed by atoms with Gasteiger partial charge in [0.25, 0.3) is 0 Å². The van der Waals surface area contributed by atoms with E-state index in [-0.39, 0.29) is 23.7 Å². The molecule has 2 aromatic rings. The van der Waals surface area contributed by atoms with Gasteiger partial charge in [0.2, 0.25) is 0 Å². The lowest BCUT2D eigenvalue weighted by Crippen LogP contribution is -2.09. The fraction of sp³-hybridized carbons (Fsp3) is 0.364. The SMILES string of the molecule is COc1cc(CCC(=O)CC(=O)CCc2ccc(C)c(C)c2)ccc1O. The predicted octanol–water partition coefficient (Wildman–Crippen LogP) is 4.11. The molecule has 0 unspecified atom stereocenters. The molecule has 2 rings (SSSR count). The molecule has 0 aromatic heterocycles. The summed E-state index contributed by atoms with van der Waals surface area (Å²) in [6, 6.07) is 11.2. The predicted molar refractivity (Wildman–Crippen MR) is 102 cm³/mol. The summed E-state index contributed by atoms with van der Waals surface area (Å²) >= 11 is 0. The number of benzene rings is 2. The summed E-state index contributed by atoms with van der Waals surface area (Å²) in [6.45, 7) is 4.12. The highest BCUT2D eigenvalue weighted by molar-refractivity contribution is 5.99. The van der Waals surface area contributed by atoms with Gasteiger partial charge < -0.3 is 9.84 Å². The molecule has 0 aliphatic heterocycles. The molecule has 0 radical (unpaired) electrons. The summed E-state index contributed by atoms with van der Waals surface area (Å²) in [5.41, 5.74) is 4.48. The van der Waals surface area contributed by atoms with Crippen LogP contribution in [0.1, 0.15) is 41.5 Å². The minimum absolute atomic E-state index is 0.0138. The first-order valence-corrected chi connectivity index (χ1v) is 8.84. The second-order valence-electron chi connectivity index (χ2n) is 6.68. The normalized spacial score (nSPS) is 10.6. The van der Waals surface area contributed by atoms with Crippen molar-refractivity contribution in [1.29, 1.82) is 0 Å². The zero-order chi connectivity index (χ0) is 19.1. The van der Waals surface area contributed by atoms with Crippen molar-refractivity contribution in [2.75, 3.05) is 7.11 Å². The van der Waals surface area contributed by atoms with E-state index in [9.17, 15) is 14.7 Å². The van der Waals surface area contributed by atoms with Crippen LogP contribution in [-0.2, 0) is 22.4 Å². The third kappa shape index (κ3) is 5.73. The first kappa shape index (κ1) is 19.7. The molecule has 0 amide bonds. The number of ketones is 2. The van der Waals surface area contributed by atoms with Gasteiger partial charge in [-0.3, -0.25) is 9.59 Å². The largest absolute Gasteiger partial charge is 0.504 e. The topological polar surface area (TPSA) is 63.6 Å². The summed E-state index contributed by atoms with van der Waals surface area (Å²) in [5, 5.41) is 9.58. The van der Waals surface area contributed by atoms with E-state index in [1.807, 2.05) is 6.07 Å². The molecule has 0 saturated heterocycles. The van der Waals surface area contributed by atoms with Crippen molar-refractivity contribution in [1.82, 2.24) is 0 Å². The second kappa shape index (κ2) is 9.18. The molecule has 0 atom stereocenters. The third-order valence-electron chi connectivity index (χ3n) is 4.59. The molecule has 0 spiro atoms. The van der Waals surface area contributed by atoms with Crippen LogP contribution >= 0.6 is 0 Å². The average Bonchev–Trinajstić information content (AvgIpc) is 2.62. The standard InChI is InChI=1S/C22H26O4/c1-15-4-5-17(12-16(15)2)6-9-19(23)14-20(24)10-7-18-8-11-21(25)22(13-18)26-3/h4-5,8,11-13,25H,6-7,9-10,14H2,1-3H3. The van der Waals surface area contributed by atoms with Gasteiger partial charge in [0.15, 0.2) is 11.5 Å². The zero-order valence-corrected chi connectivity index (χ0v) is 15.7. The quantitative estimate of drug-likeness (QED) is 0.688. The third-order valence-corrected chi connectivity index (χ3v) is 4.59. The van der Waals surface area contributed by atoms with Gasteiger partial charge >= 0.3 is 0 Å². The van der Waals surface area contributed by atoms with E-state index in [2.05, 4.69) is 26.0 Å². The number of hydrogen-bond donors (Lipinski definition) is 1. The number of phenolic OH excluding ortho intramolecular Hbond substituents is 1. The second-order valence-corrected chi connectivity index (χ2v) is 6.68. The Kier molecular flexibility index (Phi) is 6.96. The van der Waals surface area contributed by atoms with Crippen molar-refractivity contribution in [3.63, 3.8) is 0 Å². The van der Waals surface area contributed by atoms with Gasteiger partial charge in [-0.05, 0) is 61.1 Å². The van der Waals surface area contributed by atoms with Gasteiger partial charge in [0.1, 0.15) is 11.6 Å². The molecule has 0 heterocycles. The average molecular weight is 354 g/mol. The van der Waals surface area contributed by atoms with E-state index in [4.69, 9.17) is 4.74 Å². The van der Waals surface area contributed by atoms with E-state index in [0.29, 0.717) is 31.4 Å². The van der Waals surface area contributed by atoms with Crippen LogP contribution in [0.3, 0.4) is 0 Å². The molecule has 4 heteroatoms. The van der Waals surface area contributed by atoms with Gasteiger partial charge in [-0.1, -0.05) is 24.3 Å². The Balaban J connectivity index is 1.78. The lowest BCUT2D eigenvalue weighted by atomic mass is 9.99. The van der Waals surface area contributed by atoms with E-state index in [1.54, 1.807) is 18.2 Å². The monoisotopic (exact) mass is 354 g/mol. The molecule has 26 heavy (non-hydrogen) atoms. The number of rotatable bonds is 9. The number of Topliss-reactive ketones (excluding diaryl/α,β-unsaturated/α-hetero) is 2. The van der Waals surface area contributed by atoms with Crippen molar-refractivity contribution in [3.05, 3.63) is 58.7 Å². The minimum atomic E-state index is -0.0536. The van der Waals surface area contributed by atoms with Gasteiger partial charge in [-0.25, -0.2) is 0 Å². The molecule has 0 saturated carbocycles. The molecule has 2 aromatic carbocycles. The highest BCUT2D eigenvalue weighted by atomic mass is 16.5. The molecule has 1 N–H and O–H groups in total. The van der Waals surface area contributed by atoms with Gasteiger partial charge in [-0.15, -0.1) is 0 Å². The number of methoxy groups -OCH3 is 1. The van der Waals surface area contributed by atoms with Gasteiger partial charge in [0, 0.05) is 12.8 Å². The fourth-order valence-electron chi connectivity index (χ4n) is 2.80. The lowest BCUT2D eigenvalue weighted by molar-refractivity contribution is -0.126. The minimum Gasteiger partial charge on any atom is -0.504 e. The highest BCUT2D eigenvalue weighted by Gasteiger charge is 2.11. The molecular weight excluding hydrogens is 328 g/mol. The Morgan fingerprint density at radius 2 is 1.46 bits per heavy atom. The fourth-order valence-corrected chi connectivity index (χ4v) is 2.80. The maximum absolute atomic E-state index is 12.1. The van der Waals surface area contributed by atoms with Crippen LogP contribution in [-0.4, -0.2) is 23.8 Å². The molecule has 0 fully saturated rings. The van der Waals surface area contributed by atoms with Crippen molar-refractivity contribution in [3.8, 4) is 11.5 Å². The number of ether oxygens (including phenoxy) is 1. The van der Waals surface area contributed by atoms with Crippen LogP contribution in [0.5, 0.6) is 11.5 Å². The molecular formula is C22H26O4. The number of aromatic hydroxyl groups is 1. The Hall–Kier alpha value is -2.62. The number of hydrogen-bond acceptors (Lipinski definition) is 4. The van der Waals surface area contributed by atoms with E-state index in [1.165, 1.54) is 18.2 Å². The Labute approximate surface area is 154 Å². The van der Waals surface area contributed by atoms with Crippen LogP contribution < -0.4 is 4.74 Å². The number of phenols is 1. The Morgan fingerprint density at radius 1 is 0.885 bits per heavy atom. The van der Waals surface area contributed by atoms with Crippen molar-refractivity contribution < 1.29 is 19.4 Å². The molecule has 0 bridgehead atoms. The van der Waals surface area contributed by atoms with Crippen molar-refractivity contribution in [2.45, 2.75) is 46.0 Å². The molecule has 138 valence electrons. The summed E-state index contributed by atoms with van der Waals surface area (Å²) in [7, 11) is 1.48. The van der Waals surface area contributed by atoms with E-state index >= 15 is 0 Å². The number of carbonyl (C=O) groups is 2.